The summed E-state index contributed by atoms with van der Waals surface area (Å²) < 4.78 is 25.1. The van der Waals surface area contributed by atoms with Crippen molar-refractivity contribution in [2.45, 2.75) is 37.5 Å². The first-order valence-electron chi connectivity index (χ1n) is 6.96. The third-order valence-corrected chi connectivity index (χ3v) is 4.26. The molecular weight excluding hydrogens is 263 g/mol. The first-order valence-corrected chi connectivity index (χ1v) is 6.96. The van der Waals surface area contributed by atoms with Crippen LogP contribution >= 0.6 is 0 Å². The van der Waals surface area contributed by atoms with Gasteiger partial charge in [0, 0.05) is 11.6 Å². The quantitative estimate of drug-likeness (QED) is 0.905. The van der Waals surface area contributed by atoms with Crippen molar-refractivity contribution in [3.8, 4) is 11.5 Å². The van der Waals surface area contributed by atoms with E-state index in [1.807, 2.05) is 0 Å². The van der Waals surface area contributed by atoms with Gasteiger partial charge in [0.25, 0.3) is 0 Å². The second-order valence-electron chi connectivity index (χ2n) is 5.42. The fourth-order valence-electron chi connectivity index (χ4n) is 3.18. The lowest BCUT2D eigenvalue weighted by Crippen LogP contribution is -2.38. The minimum absolute atomic E-state index is 0.231. The van der Waals surface area contributed by atoms with Gasteiger partial charge in [-0.25, -0.2) is 4.39 Å². The number of carbonyl (C=O) groups is 1. The van der Waals surface area contributed by atoms with Crippen molar-refractivity contribution in [1.82, 2.24) is 0 Å². The second-order valence-corrected chi connectivity index (χ2v) is 5.42. The van der Waals surface area contributed by atoms with Gasteiger partial charge in [-0.15, -0.1) is 0 Å². The summed E-state index contributed by atoms with van der Waals surface area (Å²) in [5, 5.41) is 9.63. The van der Waals surface area contributed by atoms with Crippen LogP contribution < -0.4 is 9.47 Å². The van der Waals surface area contributed by atoms with Crippen molar-refractivity contribution >= 4 is 5.97 Å². The summed E-state index contributed by atoms with van der Waals surface area (Å²) in [5.74, 6) is -0.668. The normalized spacial score (nSPS) is 20.4. The summed E-state index contributed by atoms with van der Waals surface area (Å²) >= 11 is 0. The maximum atomic E-state index is 14.4. The number of rotatable bonds is 2. The van der Waals surface area contributed by atoms with Crippen LogP contribution in [0.2, 0.25) is 0 Å². The monoisotopic (exact) mass is 280 g/mol. The molecule has 3 rings (SSSR count). The van der Waals surface area contributed by atoms with E-state index in [9.17, 15) is 14.3 Å². The molecule has 0 aromatic heterocycles. The molecule has 0 atom stereocenters. The molecule has 1 aliphatic heterocycles. The van der Waals surface area contributed by atoms with Crippen LogP contribution in [-0.4, -0.2) is 24.3 Å². The van der Waals surface area contributed by atoms with E-state index < -0.39 is 17.2 Å². The van der Waals surface area contributed by atoms with E-state index in [0.717, 1.165) is 19.3 Å². The number of carboxylic acid groups (broad SMARTS) is 1. The molecule has 0 radical (unpaired) electrons. The van der Waals surface area contributed by atoms with Crippen LogP contribution in [0.15, 0.2) is 12.1 Å². The maximum Gasteiger partial charge on any atom is 0.314 e. The minimum Gasteiger partial charge on any atom is -0.486 e. The Kier molecular flexibility index (Phi) is 3.28. The number of hydrogen-bond acceptors (Lipinski definition) is 3. The van der Waals surface area contributed by atoms with Gasteiger partial charge in [0.05, 0.1) is 5.41 Å². The standard InChI is InChI=1S/C15H17FO4/c16-11-9-13-12(19-6-7-20-13)8-10(11)15(14(17)18)4-2-1-3-5-15/h8-9H,1-7H2,(H,17,18). The van der Waals surface area contributed by atoms with Gasteiger partial charge < -0.3 is 14.6 Å². The number of benzene rings is 1. The van der Waals surface area contributed by atoms with E-state index in [2.05, 4.69) is 0 Å². The van der Waals surface area contributed by atoms with Gasteiger partial charge in [-0.3, -0.25) is 4.79 Å². The number of fused-ring (bicyclic) bond motifs is 1. The highest BCUT2D eigenvalue weighted by atomic mass is 19.1. The van der Waals surface area contributed by atoms with Crippen molar-refractivity contribution in [2.24, 2.45) is 0 Å². The van der Waals surface area contributed by atoms with E-state index >= 15 is 0 Å². The summed E-state index contributed by atoms with van der Waals surface area (Å²) in [5.41, 5.74) is -0.896. The van der Waals surface area contributed by atoms with Crippen molar-refractivity contribution in [2.75, 3.05) is 13.2 Å². The van der Waals surface area contributed by atoms with Gasteiger partial charge in [0.15, 0.2) is 11.5 Å². The van der Waals surface area contributed by atoms with Crippen LogP contribution in [0.25, 0.3) is 0 Å². The van der Waals surface area contributed by atoms with Crippen LogP contribution in [0.4, 0.5) is 4.39 Å². The van der Waals surface area contributed by atoms with Crippen molar-refractivity contribution in [3.63, 3.8) is 0 Å². The Morgan fingerprint density at radius 1 is 1.10 bits per heavy atom. The van der Waals surface area contributed by atoms with Crippen LogP contribution in [0.1, 0.15) is 37.7 Å². The predicted molar refractivity (Wildman–Crippen MR) is 69.8 cm³/mol. The van der Waals surface area contributed by atoms with Gasteiger partial charge >= 0.3 is 5.97 Å². The first kappa shape index (κ1) is 13.2. The van der Waals surface area contributed by atoms with E-state index in [4.69, 9.17) is 9.47 Å². The molecule has 1 saturated carbocycles. The van der Waals surface area contributed by atoms with E-state index in [0.29, 0.717) is 37.6 Å². The molecule has 1 aliphatic carbocycles. The van der Waals surface area contributed by atoms with Crippen LogP contribution in [0.3, 0.4) is 0 Å². The van der Waals surface area contributed by atoms with Crippen LogP contribution in [-0.2, 0) is 10.2 Å². The van der Waals surface area contributed by atoms with Crippen molar-refractivity contribution in [1.29, 1.82) is 0 Å². The van der Waals surface area contributed by atoms with E-state index in [1.165, 1.54) is 12.1 Å². The Morgan fingerprint density at radius 2 is 1.70 bits per heavy atom. The lowest BCUT2D eigenvalue weighted by Gasteiger charge is -2.34. The molecule has 0 unspecified atom stereocenters. The molecule has 4 nitrogen and oxygen atoms in total. The van der Waals surface area contributed by atoms with Crippen molar-refractivity contribution in [3.05, 3.63) is 23.5 Å². The summed E-state index contributed by atoms with van der Waals surface area (Å²) in [6, 6.07) is 2.77. The Morgan fingerprint density at radius 3 is 2.30 bits per heavy atom. The molecule has 1 heterocycles. The second kappa shape index (κ2) is 4.96. The maximum absolute atomic E-state index is 14.4. The smallest absolute Gasteiger partial charge is 0.314 e. The molecule has 1 N–H and O–H groups in total. The van der Waals surface area contributed by atoms with Crippen LogP contribution in [0.5, 0.6) is 11.5 Å². The molecule has 0 saturated heterocycles. The molecular formula is C15H17FO4. The summed E-state index contributed by atoms with van der Waals surface area (Å²) in [6.45, 7) is 0.786. The number of ether oxygens (including phenoxy) is 2. The highest BCUT2D eigenvalue weighted by Gasteiger charge is 2.43. The lowest BCUT2D eigenvalue weighted by atomic mass is 9.69. The average Bonchev–Trinajstić information content (AvgIpc) is 2.47. The van der Waals surface area contributed by atoms with Gasteiger partial charge in [-0.05, 0) is 18.9 Å². The fraction of sp³-hybridized carbons (Fsp3) is 0.533. The number of aliphatic carboxylic acids is 1. The molecule has 1 aromatic rings. The lowest BCUT2D eigenvalue weighted by molar-refractivity contribution is -0.145. The number of halogens is 1. The van der Waals surface area contributed by atoms with E-state index in [-0.39, 0.29) is 5.56 Å². The highest BCUT2D eigenvalue weighted by molar-refractivity contribution is 5.82. The highest BCUT2D eigenvalue weighted by Crippen LogP contribution is 2.44. The van der Waals surface area contributed by atoms with E-state index in [1.54, 1.807) is 0 Å². The molecule has 20 heavy (non-hydrogen) atoms. The zero-order chi connectivity index (χ0) is 14.2. The predicted octanol–water partition coefficient (Wildman–Crippen LogP) is 2.88. The topological polar surface area (TPSA) is 55.8 Å². The average molecular weight is 280 g/mol. The SMILES string of the molecule is O=C(O)C1(c2cc3c(cc2F)OCCO3)CCCCC1. The van der Waals surface area contributed by atoms with Gasteiger partial charge in [-0.1, -0.05) is 19.3 Å². The molecule has 1 aromatic carbocycles. The molecule has 1 fully saturated rings. The summed E-state index contributed by atoms with van der Waals surface area (Å²) in [6.07, 6.45) is 3.55. The third kappa shape index (κ3) is 2.01. The summed E-state index contributed by atoms with van der Waals surface area (Å²) in [7, 11) is 0. The first-order chi connectivity index (χ1) is 9.63. The number of hydrogen-bond donors (Lipinski definition) is 1. The van der Waals surface area contributed by atoms with Gasteiger partial charge in [0.1, 0.15) is 19.0 Å². The summed E-state index contributed by atoms with van der Waals surface area (Å²) in [4.78, 5) is 11.8. The largest absolute Gasteiger partial charge is 0.486 e. The Labute approximate surface area is 116 Å². The Balaban J connectivity index is 2.09. The molecule has 108 valence electrons. The molecule has 5 heteroatoms. The molecule has 0 bridgehead atoms. The van der Waals surface area contributed by atoms with Crippen molar-refractivity contribution < 1.29 is 23.8 Å². The number of carboxylic acids is 1. The zero-order valence-electron chi connectivity index (χ0n) is 11.2. The van der Waals surface area contributed by atoms with Gasteiger partial charge in [-0.2, -0.15) is 0 Å². The molecule has 0 amide bonds. The third-order valence-electron chi connectivity index (χ3n) is 4.26. The Hall–Kier alpha value is -1.78. The van der Waals surface area contributed by atoms with Gasteiger partial charge in [0.2, 0.25) is 0 Å². The Bertz CT molecular complexity index is 535. The molecule has 2 aliphatic rings. The fourth-order valence-corrected chi connectivity index (χ4v) is 3.18. The zero-order valence-corrected chi connectivity index (χ0v) is 11.2. The minimum atomic E-state index is -1.13. The molecule has 0 spiro atoms. The van der Waals surface area contributed by atoms with Crippen LogP contribution in [0, 0.1) is 5.82 Å².